The number of piperidine rings is 1. The minimum atomic E-state index is -3.49. The van der Waals surface area contributed by atoms with Crippen LogP contribution in [0.15, 0.2) is 0 Å². The number of hydrogen-bond acceptors (Lipinski definition) is 7. The summed E-state index contributed by atoms with van der Waals surface area (Å²) >= 11 is 1.29. The lowest BCUT2D eigenvalue weighted by Crippen LogP contribution is -2.42. The van der Waals surface area contributed by atoms with Crippen LogP contribution < -0.4 is 5.32 Å². The highest BCUT2D eigenvalue weighted by Crippen LogP contribution is 2.30. The van der Waals surface area contributed by atoms with Crippen molar-refractivity contribution >= 4 is 42.6 Å². The van der Waals surface area contributed by atoms with Crippen molar-refractivity contribution in [1.82, 2.24) is 17.9 Å². The van der Waals surface area contributed by atoms with Crippen LogP contribution in [0.5, 0.6) is 0 Å². The number of carbonyl (C=O) groups is 1. The average Bonchev–Trinajstić information content (AvgIpc) is 3.02. The summed E-state index contributed by atoms with van der Waals surface area (Å²) in [5.74, 6) is -0.429. The number of thiazole rings is 1. The molecule has 1 N–H and O–H groups in total. The largest absolute Gasteiger partial charge is 0.302 e. The van der Waals surface area contributed by atoms with Crippen LogP contribution in [0.3, 0.4) is 0 Å². The van der Waals surface area contributed by atoms with Gasteiger partial charge in [0.15, 0.2) is 5.13 Å². The second-order valence-corrected chi connectivity index (χ2v) is 12.4. The molecule has 1 aromatic rings. The molecule has 0 saturated carbocycles. The van der Waals surface area contributed by atoms with Gasteiger partial charge < -0.3 is 5.32 Å². The zero-order chi connectivity index (χ0) is 20.7. The van der Waals surface area contributed by atoms with Gasteiger partial charge in [-0.3, -0.25) is 4.79 Å². The Morgan fingerprint density at radius 3 is 2.36 bits per heavy atom. The number of amides is 1. The molecule has 28 heavy (non-hydrogen) atoms. The van der Waals surface area contributed by atoms with Gasteiger partial charge in [-0.2, -0.15) is 17.0 Å². The predicted molar refractivity (Wildman–Crippen MR) is 107 cm³/mol. The van der Waals surface area contributed by atoms with Gasteiger partial charge in [-0.1, -0.05) is 0 Å². The van der Waals surface area contributed by atoms with Crippen LogP contribution in [-0.4, -0.2) is 80.6 Å². The Hall–Kier alpha value is -1.12. The topological polar surface area (TPSA) is 120 Å². The van der Waals surface area contributed by atoms with Gasteiger partial charge in [0, 0.05) is 50.9 Å². The van der Waals surface area contributed by atoms with Gasteiger partial charge in [0.1, 0.15) is 0 Å². The summed E-state index contributed by atoms with van der Waals surface area (Å²) in [5.41, 5.74) is 0.817. The molecule has 0 unspecified atom stereocenters. The Bertz CT molecular complexity index is 949. The van der Waals surface area contributed by atoms with Gasteiger partial charge in [-0.05, 0) is 12.8 Å². The van der Waals surface area contributed by atoms with Crippen LogP contribution in [0.1, 0.15) is 23.4 Å². The predicted octanol–water partition coefficient (Wildman–Crippen LogP) is -0.0823. The molecule has 10 nitrogen and oxygen atoms in total. The zero-order valence-electron chi connectivity index (χ0n) is 16.1. The number of nitrogens with zero attached hydrogens (tertiary/aromatic N) is 4. The molecule has 1 aromatic heterocycles. The summed E-state index contributed by atoms with van der Waals surface area (Å²) < 4.78 is 51.7. The SMILES string of the molecule is CN(C)S(=O)(=O)N1CCc2nc(NC(=O)C3CCN(S(C)(=O)=O)CC3)sc2C1. The van der Waals surface area contributed by atoms with Crippen LogP contribution in [-0.2, 0) is 38.0 Å². The molecule has 1 saturated heterocycles. The van der Waals surface area contributed by atoms with Crippen molar-refractivity contribution < 1.29 is 21.6 Å². The van der Waals surface area contributed by atoms with E-state index in [2.05, 4.69) is 10.3 Å². The summed E-state index contributed by atoms with van der Waals surface area (Å²) in [4.78, 5) is 17.8. The fourth-order valence-electron chi connectivity index (χ4n) is 3.31. The molecule has 158 valence electrons. The normalized spacial score (nSPS) is 20.3. The summed E-state index contributed by atoms with van der Waals surface area (Å²) in [5, 5.41) is 3.28. The summed E-state index contributed by atoms with van der Waals surface area (Å²) in [6.07, 6.45) is 2.62. The van der Waals surface area contributed by atoms with E-state index in [0.29, 0.717) is 44.0 Å². The van der Waals surface area contributed by atoms with Gasteiger partial charge in [0.05, 0.1) is 18.5 Å². The molecule has 1 amide bonds. The molecular formula is C15H25N5O5S3. The molecule has 1 fully saturated rings. The third kappa shape index (κ3) is 4.54. The van der Waals surface area contributed by atoms with E-state index in [4.69, 9.17) is 0 Å². The monoisotopic (exact) mass is 451 g/mol. The van der Waals surface area contributed by atoms with Crippen molar-refractivity contribution in [2.75, 3.05) is 45.3 Å². The number of aromatic nitrogens is 1. The molecule has 0 radical (unpaired) electrons. The molecule has 3 heterocycles. The van der Waals surface area contributed by atoms with E-state index in [1.54, 1.807) is 0 Å². The van der Waals surface area contributed by atoms with E-state index in [1.165, 1.54) is 44.6 Å². The summed E-state index contributed by atoms with van der Waals surface area (Å²) in [6, 6.07) is 0. The highest BCUT2D eigenvalue weighted by atomic mass is 32.2. The molecular weight excluding hydrogens is 426 g/mol. The first-order valence-corrected chi connectivity index (χ1v) is 13.0. The summed E-state index contributed by atoms with van der Waals surface area (Å²) in [7, 11) is -3.72. The average molecular weight is 452 g/mol. The Kier molecular flexibility index (Phi) is 6.13. The molecule has 0 bridgehead atoms. The molecule has 0 atom stereocenters. The standard InChI is InChI=1S/C15H25N5O5S3/c1-18(2)28(24,25)20-9-6-12-13(10-20)26-15(16-12)17-14(21)11-4-7-19(8-5-11)27(3,22)23/h11H,4-10H2,1-3H3,(H,16,17,21). The van der Waals surface area contributed by atoms with Gasteiger partial charge in [-0.25, -0.2) is 17.7 Å². The molecule has 0 aliphatic carbocycles. The molecule has 2 aliphatic rings. The van der Waals surface area contributed by atoms with E-state index < -0.39 is 20.2 Å². The van der Waals surface area contributed by atoms with E-state index in [0.717, 1.165) is 10.6 Å². The van der Waals surface area contributed by atoms with Crippen molar-refractivity contribution in [2.24, 2.45) is 5.92 Å². The van der Waals surface area contributed by atoms with Crippen molar-refractivity contribution in [3.63, 3.8) is 0 Å². The van der Waals surface area contributed by atoms with Gasteiger partial charge in [0.25, 0.3) is 10.2 Å². The van der Waals surface area contributed by atoms with Crippen LogP contribution in [0.25, 0.3) is 0 Å². The number of rotatable bonds is 5. The van der Waals surface area contributed by atoms with Crippen LogP contribution in [0.2, 0.25) is 0 Å². The van der Waals surface area contributed by atoms with Gasteiger partial charge >= 0.3 is 0 Å². The maximum atomic E-state index is 12.5. The molecule has 2 aliphatic heterocycles. The second-order valence-electron chi connectivity index (χ2n) is 7.19. The Morgan fingerprint density at radius 2 is 1.79 bits per heavy atom. The summed E-state index contributed by atoms with van der Waals surface area (Å²) in [6.45, 7) is 1.27. The Morgan fingerprint density at radius 1 is 1.14 bits per heavy atom. The second kappa shape index (κ2) is 7.95. The maximum absolute atomic E-state index is 12.5. The van der Waals surface area contributed by atoms with Gasteiger partial charge in [-0.15, -0.1) is 11.3 Å². The van der Waals surface area contributed by atoms with Crippen molar-refractivity contribution in [3.05, 3.63) is 10.6 Å². The number of anilines is 1. The minimum Gasteiger partial charge on any atom is -0.302 e. The van der Waals surface area contributed by atoms with Crippen LogP contribution >= 0.6 is 11.3 Å². The molecule has 3 rings (SSSR count). The molecule has 13 heteroatoms. The number of carbonyl (C=O) groups excluding carboxylic acids is 1. The highest BCUT2D eigenvalue weighted by molar-refractivity contribution is 7.88. The number of fused-ring (bicyclic) bond motifs is 1. The van der Waals surface area contributed by atoms with Crippen molar-refractivity contribution in [3.8, 4) is 0 Å². The fourth-order valence-corrected chi connectivity index (χ4v) is 6.37. The first-order chi connectivity index (χ1) is 13.0. The van der Waals surface area contributed by atoms with Crippen molar-refractivity contribution in [2.45, 2.75) is 25.8 Å². The first kappa shape index (κ1) is 21.6. The third-order valence-electron chi connectivity index (χ3n) is 5.01. The van der Waals surface area contributed by atoms with Crippen LogP contribution in [0.4, 0.5) is 5.13 Å². The van der Waals surface area contributed by atoms with E-state index in [9.17, 15) is 21.6 Å². The number of hydrogen-bond donors (Lipinski definition) is 1. The Labute approximate surface area is 169 Å². The lowest BCUT2D eigenvalue weighted by molar-refractivity contribution is -0.120. The fraction of sp³-hybridized carbons (Fsp3) is 0.733. The Balaban J connectivity index is 1.62. The van der Waals surface area contributed by atoms with E-state index in [1.807, 2.05) is 0 Å². The van der Waals surface area contributed by atoms with E-state index >= 15 is 0 Å². The maximum Gasteiger partial charge on any atom is 0.281 e. The highest BCUT2D eigenvalue weighted by Gasteiger charge is 2.32. The van der Waals surface area contributed by atoms with Crippen LogP contribution in [0, 0.1) is 5.92 Å². The number of nitrogens with one attached hydrogen (secondary N) is 1. The molecule has 0 spiro atoms. The molecule has 0 aromatic carbocycles. The first-order valence-electron chi connectivity index (χ1n) is 8.90. The van der Waals surface area contributed by atoms with E-state index in [-0.39, 0.29) is 18.4 Å². The lowest BCUT2D eigenvalue weighted by Gasteiger charge is -2.29. The minimum absolute atomic E-state index is 0.169. The zero-order valence-corrected chi connectivity index (χ0v) is 18.5. The van der Waals surface area contributed by atoms with Gasteiger partial charge in [0.2, 0.25) is 15.9 Å². The quantitative estimate of drug-likeness (QED) is 0.668. The third-order valence-corrected chi connectivity index (χ3v) is 9.20. The number of sulfonamides is 1. The smallest absolute Gasteiger partial charge is 0.281 e. The lowest BCUT2D eigenvalue weighted by atomic mass is 9.97. The van der Waals surface area contributed by atoms with Crippen molar-refractivity contribution in [1.29, 1.82) is 0 Å².